The molecule has 27 heavy (non-hydrogen) atoms. The summed E-state index contributed by atoms with van der Waals surface area (Å²) in [5, 5.41) is 4.93. The van der Waals surface area contributed by atoms with Gasteiger partial charge in [-0.25, -0.2) is 0 Å². The molecule has 3 aromatic rings. The van der Waals surface area contributed by atoms with Gasteiger partial charge >= 0.3 is 0 Å². The summed E-state index contributed by atoms with van der Waals surface area (Å²) in [6.07, 6.45) is 0. The maximum atomic E-state index is 12.5. The smallest absolute Gasteiger partial charge is 0.265 e. The molecule has 1 N–H and O–H groups in total. The molecule has 0 radical (unpaired) electrons. The summed E-state index contributed by atoms with van der Waals surface area (Å²) in [4.78, 5) is 13.2. The van der Waals surface area contributed by atoms with Crippen molar-refractivity contribution in [3.8, 4) is 5.75 Å². The molecule has 0 bridgehead atoms. The van der Waals surface area contributed by atoms with E-state index in [0.29, 0.717) is 17.4 Å². The maximum absolute atomic E-state index is 12.5. The van der Waals surface area contributed by atoms with Crippen LogP contribution in [0.4, 0.5) is 5.69 Å². The van der Waals surface area contributed by atoms with Crippen molar-refractivity contribution in [2.45, 2.75) is 40.2 Å². The van der Waals surface area contributed by atoms with Gasteiger partial charge in [-0.05, 0) is 60.5 Å². The van der Waals surface area contributed by atoms with E-state index in [9.17, 15) is 4.79 Å². The normalized spacial score (nSPS) is 10.9. The van der Waals surface area contributed by atoms with E-state index in [0.717, 1.165) is 22.6 Å². The van der Waals surface area contributed by atoms with Gasteiger partial charge in [0.1, 0.15) is 12.4 Å². The van der Waals surface area contributed by atoms with Crippen LogP contribution in [0.5, 0.6) is 5.75 Å². The fourth-order valence-electron chi connectivity index (χ4n) is 2.84. The molecule has 1 amide bonds. The molecule has 3 rings (SSSR count). The van der Waals surface area contributed by atoms with E-state index in [1.54, 1.807) is 0 Å². The third-order valence-electron chi connectivity index (χ3n) is 4.44. The SMILES string of the molecule is Cc1ccc(OCc2csc(C(=O)Nc3ccc(C(C)C)cc3)c2)c(C)c1. The molecule has 1 heterocycles. The Bertz CT molecular complexity index is 926. The van der Waals surface area contributed by atoms with Crippen molar-refractivity contribution in [1.82, 2.24) is 0 Å². The number of nitrogens with one attached hydrogen (secondary N) is 1. The number of aryl methyl sites for hydroxylation is 2. The number of hydrogen-bond acceptors (Lipinski definition) is 3. The molecule has 2 aromatic carbocycles. The minimum Gasteiger partial charge on any atom is -0.489 e. The third kappa shape index (κ3) is 4.98. The number of carbonyl (C=O) groups is 1. The van der Waals surface area contributed by atoms with Crippen LogP contribution in [0.2, 0.25) is 0 Å². The fourth-order valence-corrected chi connectivity index (χ4v) is 3.63. The molecule has 3 nitrogen and oxygen atoms in total. The van der Waals surface area contributed by atoms with E-state index in [-0.39, 0.29) is 5.91 Å². The van der Waals surface area contributed by atoms with Crippen molar-refractivity contribution in [2.24, 2.45) is 0 Å². The number of thiophene rings is 1. The number of rotatable bonds is 6. The molecule has 0 aliphatic carbocycles. The fraction of sp³-hybridized carbons (Fsp3) is 0.261. The lowest BCUT2D eigenvalue weighted by Crippen LogP contribution is -2.10. The van der Waals surface area contributed by atoms with Crippen LogP contribution >= 0.6 is 11.3 Å². The molecule has 4 heteroatoms. The largest absolute Gasteiger partial charge is 0.489 e. The van der Waals surface area contributed by atoms with Gasteiger partial charge < -0.3 is 10.1 Å². The first-order valence-corrected chi connectivity index (χ1v) is 9.99. The van der Waals surface area contributed by atoms with Crippen LogP contribution in [0.15, 0.2) is 53.9 Å². The maximum Gasteiger partial charge on any atom is 0.265 e. The van der Waals surface area contributed by atoms with Crippen LogP contribution in [0.1, 0.15) is 51.7 Å². The molecule has 0 spiro atoms. The second-order valence-corrected chi connectivity index (χ2v) is 8.02. The van der Waals surface area contributed by atoms with E-state index in [4.69, 9.17) is 4.74 Å². The third-order valence-corrected chi connectivity index (χ3v) is 5.42. The van der Waals surface area contributed by atoms with Crippen molar-refractivity contribution in [1.29, 1.82) is 0 Å². The van der Waals surface area contributed by atoms with E-state index in [1.165, 1.54) is 22.5 Å². The Morgan fingerprint density at radius 2 is 1.81 bits per heavy atom. The van der Waals surface area contributed by atoms with Gasteiger partial charge in [-0.3, -0.25) is 4.79 Å². The summed E-state index contributed by atoms with van der Waals surface area (Å²) < 4.78 is 5.90. The average Bonchev–Trinajstić information content (AvgIpc) is 3.10. The first kappa shape index (κ1) is 19.2. The Labute approximate surface area is 165 Å². The highest BCUT2D eigenvalue weighted by atomic mass is 32.1. The molecule has 0 saturated heterocycles. The van der Waals surface area contributed by atoms with Gasteiger partial charge in [-0.15, -0.1) is 11.3 Å². The van der Waals surface area contributed by atoms with Gasteiger partial charge in [0.2, 0.25) is 0 Å². The van der Waals surface area contributed by atoms with Crippen molar-refractivity contribution >= 4 is 22.9 Å². The summed E-state index contributed by atoms with van der Waals surface area (Å²) in [6.45, 7) is 8.87. The molecular weight excluding hydrogens is 354 g/mol. The first-order valence-electron chi connectivity index (χ1n) is 9.11. The van der Waals surface area contributed by atoms with Gasteiger partial charge in [0.15, 0.2) is 0 Å². The lowest BCUT2D eigenvalue weighted by atomic mass is 10.0. The Kier molecular flexibility index (Phi) is 5.97. The Morgan fingerprint density at radius 1 is 1.07 bits per heavy atom. The van der Waals surface area contributed by atoms with Crippen molar-refractivity contribution < 1.29 is 9.53 Å². The number of benzene rings is 2. The lowest BCUT2D eigenvalue weighted by Gasteiger charge is -2.09. The second-order valence-electron chi connectivity index (χ2n) is 7.11. The van der Waals surface area contributed by atoms with E-state index in [1.807, 2.05) is 42.6 Å². The monoisotopic (exact) mass is 379 g/mol. The summed E-state index contributed by atoms with van der Waals surface area (Å²) >= 11 is 1.43. The van der Waals surface area contributed by atoms with Gasteiger partial charge in [-0.2, -0.15) is 0 Å². The van der Waals surface area contributed by atoms with E-state index >= 15 is 0 Å². The first-order chi connectivity index (χ1) is 12.9. The summed E-state index contributed by atoms with van der Waals surface area (Å²) in [7, 11) is 0. The van der Waals surface area contributed by atoms with Gasteiger partial charge in [0, 0.05) is 11.3 Å². The average molecular weight is 380 g/mol. The Morgan fingerprint density at radius 3 is 2.48 bits per heavy atom. The quantitative estimate of drug-likeness (QED) is 0.544. The van der Waals surface area contributed by atoms with E-state index in [2.05, 4.69) is 44.3 Å². The highest BCUT2D eigenvalue weighted by molar-refractivity contribution is 7.12. The van der Waals surface area contributed by atoms with Crippen LogP contribution in [-0.4, -0.2) is 5.91 Å². The summed E-state index contributed by atoms with van der Waals surface area (Å²) in [5.41, 5.74) is 5.41. The Hall–Kier alpha value is -2.59. The van der Waals surface area contributed by atoms with Crippen molar-refractivity contribution in [3.05, 3.63) is 81.0 Å². The lowest BCUT2D eigenvalue weighted by molar-refractivity contribution is 0.103. The zero-order valence-corrected chi connectivity index (χ0v) is 17.0. The van der Waals surface area contributed by atoms with Crippen molar-refractivity contribution in [2.75, 3.05) is 5.32 Å². The summed E-state index contributed by atoms with van der Waals surface area (Å²) in [5.74, 6) is 1.27. The molecule has 140 valence electrons. The molecule has 0 atom stereocenters. The van der Waals surface area contributed by atoms with Gasteiger partial charge in [0.25, 0.3) is 5.91 Å². The van der Waals surface area contributed by atoms with Crippen LogP contribution in [-0.2, 0) is 6.61 Å². The number of hydrogen-bond donors (Lipinski definition) is 1. The summed E-state index contributed by atoms with van der Waals surface area (Å²) in [6, 6.07) is 16.0. The number of carbonyl (C=O) groups excluding carboxylic acids is 1. The number of anilines is 1. The van der Waals surface area contributed by atoms with Gasteiger partial charge in [-0.1, -0.05) is 43.7 Å². The minimum atomic E-state index is -0.0879. The highest BCUT2D eigenvalue weighted by Crippen LogP contribution is 2.23. The molecule has 0 saturated carbocycles. The zero-order chi connectivity index (χ0) is 19.4. The van der Waals surface area contributed by atoms with Crippen molar-refractivity contribution in [3.63, 3.8) is 0 Å². The topological polar surface area (TPSA) is 38.3 Å². The van der Waals surface area contributed by atoms with Crippen LogP contribution < -0.4 is 10.1 Å². The van der Waals surface area contributed by atoms with Gasteiger partial charge in [0.05, 0.1) is 4.88 Å². The van der Waals surface area contributed by atoms with E-state index < -0.39 is 0 Å². The molecule has 0 aliphatic rings. The minimum absolute atomic E-state index is 0.0879. The Balaban J connectivity index is 1.60. The number of ether oxygens (including phenoxy) is 1. The number of amides is 1. The van der Waals surface area contributed by atoms with Crippen LogP contribution in [0.3, 0.4) is 0 Å². The predicted molar refractivity (Wildman–Crippen MR) is 113 cm³/mol. The standard InChI is InChI=1S/C23H25NO2S/c1-15(2)19-6-8-20(9-7-19)24-23(25)22-12-18(14-27-22)13-26-21-10-5-16(3)11-17(21)4/h5-12,14-15H,13H2,1-4H3,(H,24,25). The zero-order valence-electron chi connectivity index (χ0n) is 16.2. The predicted octanol–water partition coefficient (Wildman–Crippen LogP) is 6.32. The van der Waals surface area contributed by atoms with Crippen LogP contribution in [0.25, 0.3) is 0 Å². The molecule has 0 unspecified atom stereocenters. The second kappa shape index (κ2) is 8.40. The highest BCUT2D eigenvalue weighted by Gasteiger charge is 2.11. The molecular formula is C23H25NO2S. The molecule has 0 fully saturated rings. The molecule has 1 aromatic heterocycles. The van der Waals surface area contributed by atoms with Crippen LogP contribution in [0, 0.1) is 13.8 Å². The molecule has 0 aliphatic heterocycles.